The zero-order chi connectivity index (χ0) is 25.0. The third-order valence-electron chi connectivity index (χ3n) is 6.54. The molecule has 1 N–H and O–H groups in total. The number of esters is 1. The molecule has 1 fully saturated rings. The molecule has 0 bridgehead atoms. The van der Waals surface area contributed by atoms with Gasteiger partial charge in [-0.2, -0.15) is 5.10 Å². The maximum atomic E-state index is 13.7. The molecule has 2 aliphatic rings. The smallest absolute Gasteiger partial charge is 0.326 e. The van der Waals surface area contributed by atoms with Crippen LogP contribution in [0.1, 0.15) is 49.7 Å². The molecule has 9 nitrogen and oxygen atoms in total. The number of aromatic nitrogens is 3. The Labute approximate surface area is 207 Å². The highest BCUT2D eigenvalue weighted by molar-refractivity contribution is 6.29. The predicted octanol–water partition coefficient (Wildman–Crippen LogP) is 3.47. The summed E-state index contributed by atoms with van der Waals surface area (Å²) in [6.45, 7) is 5.89. The van der Waals surface area contributed by atoms with E-state index in [-0.39, 0.29) is 23.5 Å². The fraction of sp³-hybridized carbons (Fsp3) is 0.400. The van der Waals surface area contributed by atoms with Gasteiger partial charge in [0.15, 0.2) is 0 Å². The number of rotatable bonds is 3. The monoisotopic (exact) mass is 495 g/mol. The first-order valence-corrected chi connectivity index (χ1v) is 11.9. The Morgan fingerprint density at radius 2 is 1.91 bits per heavy atom. The highest BCUT2D eigenvalue weighted by Crippen LogP contribution is 2.47. The topological polar surface area (TPSA) is 108 Å². The Hall–Kier alpha value is -3.46. The van der Waals surface area contributed by atoms with Gasteiger partial charge in [-0.1, -0.05) is 11.6 Å². The number of carbonyl (C=O) groups is 3. The van der Waals surface area contributed by atoms with Gasteiger partial charge in [0.05, 0.1) is 28.5 Å². The van der Waals surface area contributed by atoms with Gasteiger partial charge in [-0.25, -0.2) is 4.98 Å². The number of hydrogen-bond donors (Lipinski definition) is 1. The maximum Gasteiger partial charge on any atom is 0.326 e. The molecule has 2 aromatic heterocycles. The minimum absolute atomic E-state index is 0.0988. The summed E-state index contributed by atoms with van der Waals surface area (Å²) in [4.78, 5) is 47.2. The first kappa shape index (κ1) is 23.3. The van der Waals surface area contributed by atoms with Gasteiger partial charge in [-0.05, 0) is 63.9 Å². The lowest BCUT2D eigenvalue weighted by atomic mass is 9.76. The van der Waals surface area contributed by atoms with Gasteiger partial charge in [0.2, 0.25) is 5.91 Å². The fourth-order valence-corrected chi connectivity index (χ4v) is 5.07. The number of likely N-dealkylation sites (tertiary alicyclic amines) is 1. The Morgan fingerprint density at radius 1 is 1.17 bits per heavy atom. The van der Waals surface area contributed by atoms with Gasteiger partial charge in [0.25, 0.3) is 5.91 Å². The SMILES string of the molecule is CC(C)(C)OC(=O)CN1C(=O)C2(CCN(C(=O)c3ccc4[nH]ncc4c3)CC2)c2nc(Cl)ccc21. The Bertz CT molecular complexity index is 1340. The third-order valence-corrected chi connectivity index (χ3v) is 6.75. The number of piperidine rings is 1. The molecular weight excluding hydrogens is 470 g/mol. The number of nitrogens with zero attached hydrogens (tertiary/aromatic N) is 4. The quantitative estimate of drug-likeness (QED) is 0.440. The van der Waals surface area contributed by atoms with E-state index >= 15 is 0 Å². The van der Waals surface area contributed by atoms with Crippen molar-refractivity contribution in [1.82, 2.24) is 20.1 Å². The number of halogens is 1. The number of pyridine rings is 1. The molecule has 0 aliphatic carbocycles. The number of benzene rings is 1. The average molecular weight is 496 g/mol. The molecule has 182 valence electrons. The van der Waals surface area contributed by atoms with Crippen LogP contribution >= 0.6 is 11.6 Å². The van der Waals surface area contributed by atoms with Crippen LogP contribution in [0.4, 0.5) is 5.69 Å². The van der Waals surface area contributed by atoms with Crippen LogP contribution < -0.4 is 4.90 Å². The largest absolute Gasteiger partial charge is 0.459 e. The van der Waals surface area contributed by atoms with E-state index < -0.39 is 17.0 Å². The van der Waals surface area contributed by atoms with Gasteiger partial charge < -0.3 is 9.64 Å². The Kier molecular flexibility index (Phi) is 5.55. The molecule has 4 heterocycles. The maximum absolute atomic E-state index is 13.7. The van der Waals surface area contributed by atoms with Crippen molar-refractivity contribution in [1.29, 1.82) is 0 Å². The van der Waals surface area contributed by atoms with E-state index in [1.165, 1.54) is 4.90 Å². The van der Waals surface area contributed by atoms with Gasteiger partial charge in [0.1, 0.15) is 17.3 Å². The number of fused-ring (bicyclic) bond motifs is 3. The van der Waals surface area contributed by atoms with Crippen molar-refractivity contribution in [3.8, 4) is 0 Å². The van der Waals surface area contributed by atoms with Crippen LogP contribution in [-0.2, 0) is 19.7 Å². The summed E-state index contributed by atoms with van der Waals surface area (Å²) in [6.07, 6.45) is 2.45. The molecule has 10 heteroatoms. The molecule has 0 atom stereocenters. The van der Waals surface area contributed by atoms with Crippen LogP contribution in [0.25, 0.3) is 10.9 Å². The number of amides is 2. The fourth-order valence-electron chi connectivity index (χ4n) is 4.93. The molecule has 5 rings (SSSR count). The summed E-state index contributed by atoms with van der Waals surface area (Å²) < 4.78 is 5.45. The second-order valence-electron chi connectivity index (χ2n) is 10.0. The lowest BCUT2D eigenvalue weighted by Crippen LogP contribution is -2.51. The van der Waals surface area contributed by atoms with Gasteiger partial charge in [-0.3, -0.25) is 24.4 Å². The van der Waals surface area contributed by atoms with Crippen molar-refractivity contribution in [3.05, 3.63) is 52.9 Å². The van der Waals surface area contributed by atoms with Crippen molar-refractivity contribution < 1.29 is 19.1 Å². The first-order chi connectivity index (χ1) is 16.6. The molecule has 3 aromatic rings. The van der Waals surface area contributed by atoms with Gasteiger partial charge in [-0.15, -0.1) is 0 Å². The van der Waals surface area contributed by atoms with Crippen LogP contribution in [0.15, 0.2) is 36.5 Å². The number of H-pyrrole nitrogens is 1. The van der Waals surface area contributed by atoms with Crippen molar-refractivity contribution in [2.45, 2.75) is 44.6 Å². The van der Waals surface area contributed by atoms with Crippen LogP contribution in [-0.4, -0.2) is 63.1 Å². The van der Waals surface area contributed by atoms with E-state index in [0.29, 0.717) is 42.9 Å². The summed E-state index contributed by atoms with van der Waals surface area (Å²) in [7, 11) is 0. The number of ether oxygens (including phenoxy) is 1. The Balaban J connectivity index is 1.38. The molecule has 2 amide bonds. The van der Waals surface area contributed by atoms with Crippen molar-refractivity contribution in [3.63, 3.8) is 0 Å². The predicted molar refractivity (Wildman–Crippen MR) is 130 cm³/mol. The number of aromatic amines is 1. The molecule has 1 saturated heterocycles. The molecule has 1 aromatic carbocycles. The summed E-state index contributed by atoms with van der Waals surface area (Å²) in [6, 6.07) is 8.75. The number of nitrogens with one attached hydrogen (secondary N) is 1. The number of hydrogen-bond acceptors (Lipinski definition) is 6. The number of carbonyl (C=O) groups excluding carboxylic acids is 3. The van der Waals surface area contributed by atoms with E-state index in [2.05, 4.69) is 15.2 Å². The normalized spacial score (nSPS) is 17.2. The van der Waals surface area contributed by atoms with Crippen LogP contribution in [0.3, 0.4) is 0 Å². The van der Waals surface area contributed by atoms with Crippen LogP contribution in [0.2, 0.25) is 5.15 Å². The summed E-state index contributed by atoms with van der Waals surface area (Å²) >= 11 is 6.21. The van der Waals surface area contributed by atoms with Crippen molar-refractivity contribution in [2.75, 3.05) is 24.5 Å². The molecule has 2 aliphatic heterocycles. The lowest BCUT2D eigenvalue weighted by Gasteiger charge is -2.38. The highest BCUT2D eigenvalue weighted by Gasteiger charge is 2.54. The van der Waals surface area contributed by atoms with Crippen LogP contribution in [0.5, 0.6) is 0 Å². The van der Waals surface area contributed by atoms with E-state index in [1.807, 2.05) is 12.1 Å². The molecule has 0 unspecified atom stereocenters. The van der Waals surface area contributed by atoms with Crippen LogP contribution in [0, 0.1) is 0 Å². The second-order valence-corrected chi connectivity index (χ2v) is 10.4. The van der Waals surface area contributed by atoms with E-state index in [0.717, 1.165) is 10.9 Å². The standard InChI is InChI=1S/C25H26ClN5O4/c1-24(2,3)35-20(32)14-31-18-6-7-19(26)28-21(18)25(23(31)34)8-10-30(11-9-25)22(33)15-4-5-17-16(12-15)13-27-29-17/h4-7,12-13H,8-11,14H2,1-3H3,(H,27,29). The molecule has 35 heavy (non-hydrogen) atoms. The minimum Gasteiger partial charge on any atom is -0.459 e. The van der Waals surface area contributed by atoms with E-state index in [1.54, 1.807) is 50.1 Å². The summed E-state index contributed by atoms with van der Waals surface area (Å²) in [5.41, 5.74) is 0.958. The summed E-state index contributed by atoms with van der Waals surface area (Å²) in [5.74, 6) is -0.802. The zero-order valence-corrected chi connectivity index (χ0v) is 20.6. The molecular formula is C25H26ClN5O4. The van der Waals surface area contributed by atoms with E-state index in [4.69, 9.17) is 16.3 Å². The molecule has 0 radical (unpaired) electrons. The third kappa shape index (κ3) is 4.14. The highest BCUT2D eigenvalue weighted by atomic mass is 35.5. The minimum atomic E-state index is -0.937. The molecule has 0 saturated carbocycles. The lowest BCUT2D eigenvalue weighted by molar-refractivity contribution is -0.153. The summed E-state index contributed by atoms with van der Waals surface area (Å²) in [5, 5.41) is 8.02. The van der Waals surface area contributed by atoms with Crippen molar-refractivity contribution in [2.24, 2.45) is 0 Å². The second kappa shape index (κ2) is 8.34. The number of anilines is 1. The first-order valence-electron chi connectivity index (χ1n) is 11.5. The van der Waals surface area contributed by atoms with E-state index in [9.17, 15) is 14.4 Å². The van der Waals surface area contributed by atoms with Crippen molar-refractivity contribution >= 4 is 46.0 Å². The van der Waals surface area contributed by atoms with Gasteiger partial charge >= 0.3 is 5.97 Å². The average Bonchev–Trinajstić information content (AvgIpc) is 3.35. The molecule has 1 spiro atoms. The Morgan fingerprint density at radius 3 is 2.63 bits per heavy atom. The zero-order valence-electron chi connectivity index (χ0n) is 19.8. The van der Waals surface area contributed by atoms with Gasteiger partial charge in [0, 0.05) is 24.0 Å².